The Hall–Kier alpha value is -4.97. The maximum Gasteiger partial charge on any atom is 0.266 e. The number of nitrogens with zero attached hydrogens (tertiary/aromatic N) is 3. The van der Waals surface area contributed by atoms with Gasteiger partial charge in [0.1, 0.15) is 11.6 Å². The first kappa shape index (κ1) is 25.3. The van der Waals surface area contributed by atoms with Crippen LogP contribution in [0, 0.1) is 6.92 Å². The number of amides is 1. The SMILES string of the molecule is CCC(c1nc2ccccc2c(=O)n1-c1ccc(C)cc1)N(Cc1ccco1)C(=O)c1ccc2ccccc2c1. The van der Waals surface area contributed by atoms with Crippen molar-refractivity contribution in [3.63, 3.8) is 0 Å². The fourth-order valence-electron chi connectivity index (χ4n) is 5.24. The Morgan fingerprint density at radius 2 is 1.65 bits per heavy atom. The van der Waals surface area contributed by atoms with Gasteiger partial charge in [0.05, 0.1) is 35.4 Å². The van der Waals surface area contributed by atoms with E-state index in [-0.39, 0.29) is 18.0 Å². The number of fused-ring (bicyclic) bond motifs is 2. The molecule has 1 amide bonds. The summed E-state index contributed by atoms with van der Waals surface area (Å²) in [6.07, 6.45) is 2.14. The number of carbonyl (C=O) groups excluding carboxylic acids is 1. The lowest BCUT2D eigenvalue weighted by molar-refractivity contribution is 0.0624. The summed E-state index contributed by atoms with van der Waals surface area (Å²) in [6.45, 7) is 4.25. The van der Waals surface area contributed by atoms with Gasteiger partial charge in [-0.2, -0.15) is 0 Å². The van der Waals surface area contributed by atoms with Gasteiger partial charge in [0, 0.05) is 5.56 Å². The van der Waals surface area contributed by atoms with Gasteiger partial charge in [0.2, 0.25) is 0 Å². The first-order chi connectivity index (χ1) is 19.5. The van der Waals surface area contributed by atoms with Crippen LogP contribution in [0.4, 0.5) is 0 Å². The molecule has 0 fully saturated rings. The Balaban J connectivity index is 1.55. The number of rotatable bonds is 7. The second-order valence-corrected chi connectivity index (χ2v) is 9.96. The molecule has 1 atom stereocenters. The van der Waals surface area contributed by atoms with Crippen molar-refractivity contribution in [3.8, 4) is 5.69 Å². The zero-order chi connectivity index (χ0) is 27.6. The molecule has 0 spiro atoms. The summed E-state index contributed by atoms with van der Waals surface area (Å²) < 4.78 is 7.34. The van der Waals surface area contributed by atoms with E-state index in [9.17, 15) is 9.59 Å². The number of benzene rings is 4. The maximum absolute atomic E-state index is 14.3. The van der Waals surface area contributed by atoms with Gasteiger partial charge < -0.3 is 9.32 Å². The van der Waals surface area contributed by atoms with Crippen LogP contribution in [0.2, 0.25) is 0 Å². The molecule has 0 saturated heterocycles. The predicted molar refractivity (Wildman–Crippen MR) is 158 cm³/mol. The van der Waals surface area contributed by atoms with E-state index in [4.69, 9.17) is 9.40 Å². The smallest absolute Gasteiger partial charge is 0.266 e. The van der Waals surface area contributed by atoms with Gasteiger partial charge in [-0.25, -0.2) is 4.98 Å². The minimum Gasteiger partial charge on any atom is -0.467 e. The molecule has 6 heteroatoms. The van der Waals surface area contributed by atoms with Crippen LogP contribution in [0.5, 0.6) is 0 Å². The lowest BCUT2D eigenvalue weighted by atomic mass is 10.0. The minimum atomic E-state index is -0.511. The van der Waals surface area contributed by atoms with Gasteiger partial charge in [0.25, 0.3) is 11.5 Å². The van der Waals surface area contributed by atoms with Crippen molar-refractivity contribution >= 4 is 27.6 Å². The van der Waals surface area contributed by atoms with Crippen molar-refractivity contribution in [1.29, 1.82) is 0 Å². The molecule has 1 unspecified atom stereocenters. The molecular weight excluding hydrogens is 498 g/mol. The number of para-hydroxylation sites is 1. The lowest BCUT2D eigenvalue weighted by Gasteiger charge is -2.32. The van der Waals surface area contributed by atoms with Crippen molar-refractivity contribution in [1.82, 2.24) is 14.5 Å². The first-order valence-electron chi connectivity index (χ1n) is 13.4. The molecule has 198 valence electrons. The highest BCUT2D eigenvalue weighted by atomic mass is 16.3. The van der Waals surface area contributed by atoms with Crippen molar-refractivity contribution < 1.29 is 9.21 Å². The van der Waals surface area contributed by atoms with Crippen molar-refractivity contribution in [3.05, 3.63) is 142 Å². The number of aromatic nitrogens is 2. The van der Waals surface area contributed by atoms with Crippen LogP contribution in [-0.2, 0) is 6.54 Å². The lowest BCUT2D eigenvalue weighted by Crippen LogP contribution is -2.38. The van der Waals surface area contributed by atoms with Gasteiger partial charge in [-0.05, 0) is 72.6 Å². The molecule has 6 rings (SSSR count). The first-order valence-corrected chi connectivity index (χ1v) is 13.4. The van der Waals surface area contributed by atoms with Gasteiger partial charge in [-0.1, -0.05) is 67.1 Å². The van der Waals surface area contributed by atoms with Gasteiger partial charge >= 0.3 is 0 Å². The summed E-state index contributed by atoms with van der Waals surface area (Å²) in [4.78, 5) is 35.1. The molecule has 0 N–H and O–H groups in total. The van der Waals surface area contributed by atoms with Crippen LogP contribution in [0.25, 0.3) is 27.4 Å². The van der Waals surface area contributed by atoms with E-state index < -0.39 is 6.04 Å². The number of hydrogen-bond acceptors (Lipinski definition) is 4. The van der Waals surface area contributed by atoms with Crippen LogP contribution in [0.15, 0.2) is 119 Å². The van der Waals surface area contributed by atoms with Crippen molar-refractivity contribution in [2.24, 2.45) is 0 Å². The van der Waals surface area contributed by atoms with Crippen LogP contribution >= 0.6 is 0 Å². The van der Waals surface area contributed by atoms with E-state index in [2.05, 4.69) is 0 Å². The third-order valence-corrected chi connectivity index (χ3v) is 7.32. The Bertz CT molecular complexity index is 1870. The summed E-state index contributed by atoms with van der Waals surface area (Å²) in [5.74, 6) is 1.00. The predicted octanol–water partition coefficient (Wildman–Crippen LogP) is 7.23. The number of aryl methyl sites for hydroxylation is 1. The Kier molecular flexibility index (Phi) is 6.74. The van der Waals surface area contributed by atoms with Crippen LogP contribution in [0.1, 0.15) is 46.9 Å². The average Bonchev–Trinajstić information content (AvgIpc) is 3.51. The zero-order valence-corrected chi connectivity index (χ0v) is 22.5. The average molecular weight is 528 g/mol. The molecule has 6 aromatic rings. The highest BCUT2D eigenvalue weighted by Crippen LogP contribution is 2.30. The topological polar surface area (TPSA) is 68.3 Å². The van der Waals surface area contributed by atoms with Gasteiger partial charge in [0.15, 0.2) is 0 Å². The second kappa shape index (κ2) is 10.7. The molecule has 4 aromatic carbocycles. The maximum atomic E-state index is 14.3. The van der Waals surface area contributed by atoms with E-state index in [0.717, 1.165) is 16.3 Å². The molecular formula is C34H29N3O3. The molecule has 0 saturated carbocycles. The summed E-state index contributed by atoms with van der Waals surface area (Å²) in [6, 6.07) is 32.0. The summed E-state index contributed by atoms with van der Waals surface area (Å²) in [5, 5.41) is 2.58. The van der Waals surface area contributed by atoms with Gasteiger partial charge in [-0.3, -0.25) is 14.2 Å². The highest BCUT2D eigenvalue weighted by Gasteiger charge is 2.30. The molecule has 0 aliphatic carbocycles. The summed E-state index contributed by atoms with van der Waals surface area (Å²) >= 11 is 0. The molecule has 2 aromatic heterocycles. The normalized spacial score (nSPS) is 12.1. The molecule has 0 bridgehead atoms. The number of carbonyl (C=O) groups is 1. The Morgan fingerprint density at radius 3 is 2.40 bits per heavy atom. The monoisotopic (exact) mass is 527 g/mol. The minimum absolute atomic E-state index is 0.160. The number of hydrogen-bond donors (Lipinski definition) is 0. The Morgan fingerprint density at radius 1 is 0.900 bits per heavy atom. The Labute approximate surface area is 232 Å². The fraction of sp³-hybridized carbons (Fsp3) is 0.147. The number of furan rings is 1. The molecule has 6 nitrogen and oxygen atoms in total. The quantitative estimate of drug-likeness (QED) is 0.220. The van der Waals surface area contributed by atoms with E-state index in [0.29, 0.717) is 40.2 Å². The van der Waals surface area contributed by atoms with Crippen LogP contribution < -0.4 is 5.56 Å². The van der Waals surface area contributed by atoms with Crippen molar-refractivity contribution in [2.45, 2.75) is 32.9 Å². The molecule has 40 heavy (non-hydrogen) atoms. The molecule has 2 heterocycles. The van der Waals surface area contributed by atoms with Gasteiger partial charge in [-0.15, -0.1) is 0 Å². The molecule has 0 aliphatic heterocycles. The van der Waals surface area contributed by atoms with E-state index in [1.54, 1.807) is 21.8 Å². The van der Waals surface area contributed by atoms with Crippen LogP contribution in [-0.4, -0.2) is 20.4 Å². The molecule has 0 aliphatic rings. The standard InChI is InChI=1S/C34H29N3O3/c1-3-31(32-35-30-13-7-6-12-29(30)34(39)37(32)27-18-14-23(2)15-19-27)36(22-28-11-8-20-40-28)33(38)26-17-16-24-9-4-5-10-25(24)21-26/h4-21,31H,3,22H2,1-2H3. The van der Waals surface area contributed by atoms with Crippen LogP contribution in [0.3, 0.4) is 0 Å². The summed E-state index contributed by atoms with van der Waals surface area (Å²) in [7, 11) is 0. The largest absolute Gasteiger partial charge is 0.467 e. The van der Waals surface area contributed by atoms with E-state index >= 15 is 0 Å². The van der Waals surface area contributed by atoms with Crippen molar-refractivity contribution in [2.75, 3.05) is 0 Å². The third-order valence-electron chi connectivity index (χ3n) is 7.32. The third kappa shape index (κ3) is 4.69. The fourth-order valence-corrected chi connectivity index (χ4v) is 5.24. The zero-order valence-electron chi connectivity index (χ0n) is 22.5. The summed E-state index contributed by atoms with van der Waals surface area (Å²) in [5.41, 5.74) is 2.79. The highest BCUT2D eigenvalue weighted by molar-refractivity contribution is 5.98. The molecule has 0 radical (unpaired) electrons. The van der Waals surface area contributed by atoms with E-state index in [1.165, 1.54) is 0 Å². The van der Waals surface area contributed by atoms with E-state index in [1.807, 2.05) is 111 Å². The second-order valence-electron chi connectivity index (χ2n) is 9.96.